The van der Waals surface area contributed by atoms with Gasteiger partial charge in [-0.3, -0.25) is 14.9 Å². The molecule has 0 aliphatic heterocycles. The summed E-state index contributed by atoms with van der Waals surface area (Å²) in [5.74, 6) is 1.04. The Hall–Kier alpha value is -3.46. The molecular formula is C22H23N5O3S. The third-order valence-corrected chi connectivity index (χ3v) is 5.63. The van der Waals surface area contributed by atoms with Gasteiger partial charge in [-0.05, 0) is 31.5 Å². The lowest BCUT2D eigenvalue weighted by atomic mass is 10.1. The number of hydrogen-bond donors (Lipinski definition) is 1. The van der Waals surface area contributed by atoms with Gasteiger partial charge in [0, 0.05) is 30.0 Å². The van der Waals surface area contributed by atoms with Gasteiger partial charge >= 0.3 is 0 Å². The van der Waals surface area contributed by atoms with Gasteiger partial charge in [0.1, 0.15) is 0 Å². The van der Waals surface area contributed by atoms with E-state index < -0.39 is 4.92 Å². The van der Waals surface area contributed by atoms with E-state index in [-0.39, 0.29) is 17.6 Å². The van der Waals surface area contributed by atoms with Gasteiger partial charge in [-0.15, -0.1) is 16.8 Å². The first kappa shape index (κ1) is 22.2. The molecule has 0 aliphatic rings. The number of non-ortho nitro benzene ring substituents is 1. The number of carbonyl (C=O) groups excluding carboxylic acids is 1. The van der Waals surface area contributed by atoms with E-state index in [1.54, 1.807) is 24.3 Å². The number of nitro groups is 1. The number of hydrogen-bond acceptors (Lipinski definition) is 6. The molecule has 3 rings (SSSR count). The molecule has 1 amide bonds. The Morgan fingerprint density at radius 1 is 1.29 bits per heavy atom. The van der Waals surface area contributed by atoms with E-state index >= 15 is 0 Å². The van der Waals surface area contributed by atoms with Crippen LogP contribution in [0.4, 0.5) is 5.69 Å². The monoisotopic (exact) mass is 437 g/mol. The highest BCUT2D eigenvalue weighted by Crippen LogP contribution is 2.25. The molecule has 8 nitrogen and oxygen atoms in total. The SMILES string of the molecule is C=CCn1c(SCc2ccc([N+](=O)[O-])cc2)nnc1C(C)NC(=O)c1cccc(C)c1. The number of aromatic nitrogens is 3. The number of nitrogens with zero attached hydrogens (tertiary/aromatic N) is 4. The van der Waals surface area contributed by atoms with Crippen molar-refractivity contribution in [1.82, 2.24) is 20.1 Å². The van der Waals surface area contributed by atoms with Gasteiger partial charge in [0.15, 0.2) is 11.0 Å². The quantitative estimate of drug-likeness (QED) is 0.229. The van der Waals surface area contributed by atoms with Crippen LogP contribution in [0.1, 0.15) is 40.3 Å². The number of carbonyl (C=O) groups is 1. The third-order valence-electron chi connectivity index (χ3n) is 4.59. The highest BCUT2D eigenvalue weighted by molar-refractivity contribution is 7.98. The molecule has 1 unspecified atom stereocenters. The zero-order chi connectivity index (χ0) is 22.4. The van der Waals surface area contributed by atoms with Crippen molar-refractivity contribution in [3.63, 3.8) is 0 Å². The molecular weight excluding hydrogens is 414 g/mol. The molecule has 0 bridgehead atoms. The van der Waals surface area contributed by atoms with E-state index in [2.05, 4.69) is 22.1 Å². The number of rotatable bonds is 9. The number of benzene rings is 2. The van der Waals surface area contributed by atoms with Gasteiger partial charge < -0.3 is 9.88 Å². The molecule has 3 aromatic rings. The Kier molecular flexibility index (Phi) is 7.19. The van der Waals surface area contributed by atoms with Gasteiger partial charge in [-0.2, -0.15) is 0 Å². The maximum absolute atomic E-state index is 12.6. The summed E-state index contributed by atoms with van der Waals surface area (Å²) in [6, 6.07) is 13.5. The van der Waals surface area contributed by atoms with Gasteiger partial charge in [-0.25, -0.2) is 0 Å². The van der Waals surface area contributed by atoms with Gasteiger partial charge in [0.25, 0.3) is 11.6 Å². The topological polar surface area (TPSA) is 103 Å². The number of aryl methyl sites for hydroxylation is 1. The predicted molar refractivity (Wildman–Crippen MR) is 120 cm³/mol. The maximum Gasteiger partial charge on any atom is 0.269 e. The van der Waals surface area contributed by atoms with E-state index in [4.69, 9.17) is 0 Å². The largest absolute Gasteiger partial charge is 0.342 e. The molecule has 9 heteroatoms. The molecule has 160 valence electrons. The number of nitrogens with one attached hydrogen (secondary N) is 1. The second kappa shape index (κ2) is 10.0. The van der Waals surface area contributed by atoms with Gasteiger partial charge in [0.2, 0.25) is 0 Å². The van der Waals surface area contributed by atoms with Crippen LogP contribution in [-0.2, 0) is 12.3 Å². The van der Waals surface area contributed by atoms with Crippen LogP contribution in [0, 0.1) is 17.0 Å². The third kappa shape index (κ3) is 5.58. The Morgan fingerprint density at radius 3 is 2.68 bits per heavy atom. The average molecular weight is 438 g/mol. The molecule has 1 aromatic heterocycles. The number of thioether (sulfide) groups is 1. The Balaban J connectivity index is 1.72. The van der Waals surface area contributed by atoms with Crippen LogP contribution in [0.2, 0.25) is 0 Å². The fourth-order valence-corrected chi connectivity index (χ4v) is 3.93. The standard InChI is InChI=1S/C22H23N5O3S/c1-4-12-26-20(16(3)23-21(28)18-7-5-6-15(2)13-18)24-25-22(26)31-14-17-8-10-19(11-9-17)27(29)30/h4-11,13,16H,1,12,14H2,2-3H3,(H,23,28). The molecule has 0 spiro atoms. The Morgan fingerprint density at radius 2 is 2.03 bits per heavy atom. The summed E-state index contributed by atoms with van der Waals surface area (Å²) in [6.07, 6.45) is 1.75. The van der Waals surface area contributed by atoms with Crippen LogP contribution < -0.4 is 5.32 Å². The molecule has 0 saturated carbocycles. The first-order chi connectivity index (χ1) is 14.9. The minimum absolute atomic E-state index is 0.0593. The van der Waals surface area contributed by atoms with E-state index in [9.17, 15) is 14.9 Å². The molecule has 1 N–H and O–H groups in total. The normalized spacial score (nSPS) is 11.7. The zero-order valence-corrected chi connectivity index (χ0v) is 18.1. The summed E-state index contributed by atoms with van der Waals surface area (Å²) in [7, 11) is 0. The molecule has 2 aromatic carbocycles. The van der Waals surface area contributed by atoms with Crippen molar-refractivity contribution in [3.8, 4) is 0 Å². The van der Waals surface area contributed by atoms with Gasteiger partial charge in [0.05, 0.1) is 11.0 Å². The molecule has 0 radical (unpaired) electrons. The number of nitro benzene ring substituents is 1. The lowest BCUT2D eigenvalue weighted by Crippen LogP contribution is -2.28. The summed E-state index contributed by atoms with van der Waals surface area (Å²) in [6.45, 7) is 8.10. The Bertz CT molecular complexity index is 1090. The molecule has 0 saturated heterocycles. The second-order valence-corrected chi connectivity index (χ2v) is 7.96. The van der Waals surface area contributed by atoms with Crippen LogP contribution in [-0.4, -0.2) is 25.6 Å². The van der Waals surface area contributed by atoms with Crippen LogP contribution in [0.15, 0.2) is 66.3 Å². The smallest absolute Gasteiger partial charge is 0.269 e. The first-order valence-electron chi connectivity index (χ1n) is 9.66. The minimum atomic E-state index is -0.420. The van der Waals surface area contributed by atoms with E-state index in [0.29, 0.717) is 28.8 Å². The van der Waals surface area contributed by atoms with Crippen LogP contribution in [0.3, 0.4) is 0 Å². The van der Waals surface area contributed by atoms with Crippen molar-refractivity contribution < 1.29 is 9.72 Å². The lowest BCUT2D eigenvalue weighted by molar-refractivity contribution is -0.384. The van der Waals surface area contributed by atoms with Crippen molar-refractivity contribution in [1.29, 1.82) is 0 Å². The van der Waals surface area contributed by atoms with E-state index in [1.165, 1.54) is 23.9 Å². The van der Waals surface area contributed by atoms with Crippen molar-refractivity contribution in [3.05, 3.63) is 93.8 Å². The molecule has 1 heterocycles. The highest BCUT2D eigenvalue weighted by atomic mass is 32.2. The van der Waals surface area contributed by atoms with Crippen molar-refractivity contribution in [2.45, 2.75) is 37.3 Å². The van der Waals surface area contributed by atoms with E-state index in [1.807, 2.05) is 36.6 Å². The molecule has 1 atom stereocenters. The van der Waals surface area contributed by atoms with Crippen LogP contribution in [0.5, 0.6) is 0 Å². The maximum atomic E-state index is 12.6. The van der Waals surface area contributed by atoms with Gasteiger partial charge in [-0.1, -0.05) is 47.7 Å². The first-order valence-corrected chi connectivity index (χ1v) is 10.6. The van der Waals surface area contributed by atoms with Crippen molar-refractivity contribution >= 4 is 23.4 Å². The number of amides is 1. The zero-order valence-electron chi connectivity index (χ0n) is 17.3. The van der Waals surface area contributed by atoms with Crippen LogP contribution in [0.25, 0.3) is 0 Å². The summed E-state index contributed by atoms with van der Waals surface area (Å²) in [5.41, 5.74) is 2.60. The van der Waals surface area contributed by atoms with Crippen molar-refractivity contribution in [2.75, 3.05) is 0 Å². The molecule has 31 heavy (non-hydrogen) atoms. The number of allylic oxidation sites excluding steroid dienone is 1. The average Bonchev–Trinajstić information content (AvgIpc) is 3.15. The fraction of sp³-hybridized carbons (Fsp3) is 0.227. The molecule has 0 fully saturated rings. The summed E-state index contributed by atoms with van der Waals surface area (Å²) in [5, 5.41) is 23.0. The summed E-state index contributed by atoms with van der Waals surface area (Å²) >= 11 is 1.47. The predicted octanol–water partition coefficient (Wildman–Crippen LogP) is 4.46. The summed E-state index contributed by atoms with van der Waals surface area (Å²) < 4.78 is 1.91. The van der Waals surface area contributed by atoms with Crippen LogP contribution >= 0.6 is 11.8 Å². The second-order valence-electron chi connectivity index (χ2n) is 7.02. The molecule has 0 aliphatic carbocycles. The lowest BCUT2D eigenvalue weighted by Gasteiger charge is -2.15. The minimum Gasteiger partial charge on any atom is -0.342 e. The highest BCUT2D eigenvalue weighted by Gasteiger charge is 2.20. The van der Waals surface area contributed by atoms with Crippen molar-refractivity contribution in [2.24, 2.45) is 0 Å². The summed E-state index contributed by atoms with van der Waals surface area (Å²) in [4.78, 5) is 23.0. The fourth-order valence-electron chi connectivity index (χ4n) is 3.02. The van der Waals surface area contributed by atoms with E-state index in [0.717, 1.165) is 11.1 Å². The Labute approximate surface area is 184 Å².